The topological polar surface area (TPSA) is 202 Å². The van der Waals surface area contributed by atoms with Crippen LogP contribution in [-0.2, 0) is 32.0 Å². The molecule has 2 aromatic heterocycles. The van der Waals surface area contributed by atoms with E-state index in [9.17, 15) is 19.2 Å². The number of fused-ring (bicyclic) bond motifs is 2. The molecule has 0 bridgehead atoms. The molecule has 0 spiro atoms. The lowest BCUT2D eigenvalue weighted by molar-refractivity contribution is -0.133. The van der Waals surface area contributed by atoms with Gasteiger partial charge in [-0.15, -0.1) is 0 Å². The highest BCUT2D eigenvalue weighted by Crippen LogP contribution is 2.20. The van der Waals surface area contributed by atoms with Gasteiger partial charge in [0.1, 0.15) is 12.1 Å². The Labute approximate surface area is 212 Å². The van der Waals surface area contributed by atoms with Crippen LogP contribution in [0.4, 0.5) is 0 Å². The lowest BCUT2D eigenvalue weighted by Crippen LogP contribution is -2.56. The maximum Gasteiger partial charge on any atom is 0.243 e. The predicted molar refractivity (Wildman–Crippen MR) is 139 cm³/mol. The Morgan fingerprint density at radius 2 is 1.24 bits per heavy atom. The third kappa shape index (κ3) is 5.96. The number of primary amides is 2. The molecule has 10 N–H and O–H groups in total. The van der Waals surface area contributed by atoms with Crippen molar-refractivity contribution in [2.24, 2.45) is 17.2 Å². The first-order chi connectivity index (χ1) is 17.7. The van der Waals surface area contributed by atoms with E-state index in [2.05, 4.69) is 20.6 Å². The summed E-state index contributed by atoms with van der Waals surface area (Å²) in [5.74, 6) is -2.98. The standard InChI is InChI=1S/C26H29N7O4/c27-18(9-14-12-30-19-7-3-1-5-16(14)19)25(36)33-22(11-23(28)34)26(37)32-21(24(29)35)10-15-13-31-20-8-4-2-6-17(15)20/h1-8,12-13,18,21-22,30-31H,9-11,27H2,(H2,28,34)(H2,29,35)(H,32,37)(H,33,36)/t18-,21-,22-/m0/s1. The summed E-state index contributed by atoms with van der Waals surface area (Å²) in [7, 11) is 0. The molecule has 37 heavy (non-hydrogen) atoms. The van der Waals surface area contributed by atoms with Crippen LogP contribution >= 0.6 is 0 Å². The van der Waals surface area contributed by atoms with Crippen molar-refractivity contribution < 1.29 is 19.2 Å². The number of benzene rings is 2. The van der Waals surface area contributed by atoms with E-state index >= 15 is 0 Å². The highest BCUT2D eigenvalue weighted by Gasteiger charge is 2.29. The van der Waals surface area contributed by atoms with Gasteiger partial charge in [-0.05, 0) is 29.7 Å². The average Bonchev–Trinajstić information content (AvgIpc) is 3.47. The monoisotopic (exact) mass is 503 g/mol. The highest BCUT2D eigenvalue weighted by atomic mass is 16.2. The third-order valence-electron chi connectivity index (χ3n) is 6.25. The van der Waals surface area contributed by atoms with Gasteiger partial charge in [0.25, 0.3) is 0 Å². The van der Waals surface area contributed by atoms with Gasteiger partial charge in [-0.1, -0.05) is 36.4 Å². The van der Waals surface area contributed by atoms with Crippen LogP contribution in [0.15, 0.2) is 60.9 Å². The summed E-state index contributed by atoms with van der Waals surface area (Å²) in [5, 5.41) is 6.85. The smallest absolute Gasteiger partial charge is 0.243 e. The van der Waals surface area contributed by atoms with Crippen molar-refractivity contribution in [1.29, 1.82) is 0 Å². The second-order valence-electron chi connectivity index (χ2n) is 8.93. The minimum Gasteiger partial charge on any atom is -0.370 e. The Bertz CT molecular complexity index is 1460. The first-order valence-electron chi connectivity index (χ1n) is 11.8. The molecule has 0 aliphatic rings. The summed E-state index contributed by atoms with van der Waals surface area (Å²) in [6.07, 6.45) is 3.34. The van der Waals surface area contributed by atoms with Crippen LogP contribution in [0.2, 0.25) is 0 Å². The Morgan fingerprint density at radius 3 is 1.78 bits per heavy atom. The fourth-order valence-corrected chi connectivity index (χ4v) is 4.33. The number of hydrogen-bond acceptors (Lipinski definition) is 5. The summed E-state index contributed by atoms with van der Waals surface area (Å²) in [6.45, 7) is 0. The third-order valence-corrected chi connectivity index (χ3v) is 6.25. The van der Waals surface area contributed by atoms with Gasteiger partial charge in [0, 0.05) is 40.6 Å². The molecule has 0 aliphatic heterocycles. The number of aromatic nitrogens is 2. The number of amides is 4. The van der Waals surface area contributed by atoms with Crippen molar-refractivity contribution in [1.82, 2.24) is 20.6 Å². The fourth-order valence-electron chi connectivity index (χ4n) is 4.33. The summed E-state index contributed by atoms with van der Waals surface area (Å²) >= 11 is 0. The second-order valence-corrected chi connectivity index (χ2v) is 8.93. The van der Waals surface area contributed by atoms with Crippen molar-refractivity contribution in [2.75, 3.05) is 0 Å². The highest BCUT2D eigenvalue weighted by molar-refractivity contribution is 5.96. The van der Waals surface area contributed by atoms with Crippen LogP contribution in [0.5, 0.6) is 0 Å². The summed E-state index contributed by atoms with van der Waals surface area (Å²) < 4.78 is 0. The lowest BCUT2D eigenvalue weighted by Gasteiger charge is -2.22. The molecule has 4 rings (SSSR count). The molecule has 11 nitrogen and oxygen atoms in total. The predicted octanol–water partition coefficient (Wildman–Crippen LogP) is 0.0920. The quantitative estimate of drug-likeness (QED) is 0.152. The molecule has 2 aromatic carbocycles. The Morgan fingerprint density at radius 1 is 0.730 bits per heavy atom. The number of H-pyrrole nitrogens is 2. The number of aromatic amines is 2. The maximum absolute atomic E-state index is 13.0. The molecule has 0 fully saturated rings. The van der Waals surface area contributed by atoms with E-state index in [0.29, 0.717) is 0 Å². The van der Waals surface area contributed by atoms with Gasteiger partial charge in [0.05, 0.1) is 12.5 Å². The number of para-hydroxylation sites is 2. The van der Waals surface area contributed by atoms with Crippen LogP contribution in [0.3, 0.4) is 0 Å². The number of nitrogens with two attached hydrogens (primary N) is 3. The van der Waals surface area contributed by atoms with Gasteiger partial charge in [0.15, 0.2) is 0 Å². The lowest BCUT2D eigenvalue weighted by atomic mass is 10.0. The zero-order chi connectivity index (χ0) is 26.5. The minimum atomic E-state index is -1.33. The number of carbonyl (C=O) groups is 4. The van der Waals surface area contributed by atoms with Crippen molar-refractivity contribution in [2.45, 2.75) is 37.4 Å². The molecule has 2 heterocycles. The molecule has 4 aromatic rings. The van der Waals surface area contributed by atoms with Gasteiger partial charge in [-0.25, -0.2) is 0 Å². The van der Waals surface area contributed by atoms with E-state index in [-0.39, 0.29) is 12.8 Å². The zero-order valence-electron chi connectivity index (χ0n) is 20.0. The van der Waals surface area contributed by atoms with Crippen molar-refractivity contribution >= 4 is 45.4 Å². The van der Waals surface area contributed by atoms with Gasteiger partial charge >= 0.3 is 0 Å². The summed E-state index contributed by atoms with van der Waals surface area (Å²) in [4.78, 5) is 55.9. The van der Waals surface area contributed by atoms with Crippen molar-refractivity contribution in [3.63, 3.8) is 0 Å². The Balaban J connectivity index is 1.44. The van der Waals surface area contributed by atoms with E-state index in [1.165, 1.54) is 0 Å². The molecule has 0 unspecified atom stereocenters. The van der Waals surface area contributed by atoms with Crippen LogP contribution in [0.25, 0.3) is 21.8 Å². The molecule has 0 radical (unpaired) electrons. The fraction of sp³-hybridized carbons (Fsp3) is 0.231. The van der Waals surface area contributed by atoms with Gasteiger partial charge in [-0.2, -0.15) is 0 Å². The first kappa shape index (κ1) is 25.5. The van der Waals surface area contributed by atoms with Crippen LogP contribution in [-0.4, -0.2) is 51.7 Å². The van der Waals surface area contributed by atoms with Crippen LogP contribution in [0, 0.1) is 0 Å². The minimum absolute atomic E-state index is 0.113. The number of carbonyl (C=O) groups excluding carboxylic acids is 4. The molecule has 0 saturated heterocycles. The van der Waals surface area contributed by atoms with E-state index in [0.717, 1.165) is 32.9 Å². The van der Waals surface area contributed by atoms with Crippen molar-refractivity contribution in [3.05, 3.63) is 72.1 Å². The van der Waals surface area contributed by atoms with Crippen LogP contribution in [0.1, 0.15) is 17.5 Å². The van der Waals surface area contributed by atoms with Gasteiger partial charge in [-0.3, -0.25) is 19.2 Å². The number of nitrogens with one attached hydrogen (secondary N) is 4. The summed E-state index contributed by atoms with van der Waals surface area (Å²) in [5.41, 5.74) is 20.4. The molecule has 4 amide bonds. The molecule has 0 aliphatic carbocycles. The molecular formula is C26H29N7O4. The normalized spacial score (nSPS) is 13.6. The largest absolute Gasteiger partial charge is 0.370 e. The van der Waals surface area contributed by atoms with E-state index in [4.69, 9.17) is 17.2 Å². The molecule has 192 valence electrons. The number of hydrogen-bond donors (Lipinski definition) is 7. The first-order valence-corrected chi connectivity index (χ1v) is 11.8. The molecular weight excluding hydrogens is 474 g/mol. The Hall–Kier alpha value is -4.64. The van der Waals surface area contributed by atoms with E-state index in [1.807, 2.05) is 48.5 Å². The van der Waals surface area contributed by atoms with E-state index < -0.39 is 48.2 Å². The second kappa shape index (κ2) is 11.0. The zero-order valence-corrected chi connectivity index (χ0v) is 20.0. The van der Waals surface area contributed by atoms with Crippen molar-refractivity contribution in [3.8, 4) is 0 Å². The van der Waals surface area contributed by atoms with Gasteiger partial charge in [0.2, 0.25) is 23.6 Å². The number of rotatable bonds is 11. The SMILES string of the molecule is NC(=O)C[C@H](NC(=O)[C@@H](N)Cc1c[nH]c2ccccc12)C(=O)N[C@@H](Cc1c[nH]c2ccccc12)C(N)=O. The summed E-state index contributed by atoms with van der Waals surface area (Å²) in [6, 6.07) is 11.7. The molecule has 0 saturated carbocycles. The molecule has 3 atom stereocenters. The van der Waals surface area contributed by atoms with Crippen LogP contribution < -0.4 is 27.8 Å². The van der Waals surface area contributed by atoms with E-state index in [1.54, 1.807) is 12.4 Å². The average molecular weight is 504 g/mol. The molecule has 11 heteroatoms. The maximum atomic E-state index is 13.0. The van der Waals surface area contributed by atoms with Gasteiger partial charge < -0.3 is 37.8 Å². The Kier molecular flexibility index (Phi) is 7.54.